The maximum absolute atomic E-state index is 12.3. The molecule has 1 aliphatic carbocycles. The lowest BCUT2D eigenvalue weighted by molar-refractivity contribution is -0.143. The number of likely N-dealkylation sites (tertiary alicyclic amines) is 1. The normalized spacial score (nSPS) is 23.9. The van der Waals surface area contributed by atoms with Crippen LogP contribution in [0.3, 0.4) is 0 Å². The van der Waals surface area contributed by atoms with E-state index in [2.05, 4.69) is 0 Å². The predicted octanol–water partition coefficient (Wildman–Crippen LogP) is 4.13. The van der Waals surface area contributed by atoms with Crippen LogP contribution in [0.5, 0.6) is 0 Å². The number of rotatable bonds is 7. The first-order valence-corrected chi connectivity index (χ1v) is 11.8. The van der Waals surface area contributed by atoms with Gasteiger partial charge in [0.25, 0.3) is 0 Å². The topological polar surface area (TPSA) is 63.7 Å². The number of amides is 2. The van der Waals surface area contributed by atoms with Gasteiger partial charge in [0.1, 0.15) is 6.61 Å². The van der Waals surface area contributed by atoms with E-state index in [0.29, 0.717) is 0 Å². The van der Waals surface area contributed by atoms with E-state index < -0.39 is 0 Å². The van der Waals surface area contributed by atoms with Crippen molar-refractivity contribution in [2.45, 2.75) is 95.3 Å². The van der Waals surface area contributed by atoms with Crippen LogP contribution in [0.25, 0.3) is 0 Å². The minimum atomic E-state index is -0.317. The summed E-state index contributed by atoms with van der Waals surface area (Å²) in [4.78, 5) is 37.7. The molecule has 1 atom stereocenters. The van der Waals surface area contributed by atoms with Crippen LogP contribution in [0.15, 0.2) is 0 Å². The SMILES string of the molecule is CCSC1CC(=O)N(CC(=O)COC2CCCCCCCCCCC2)C1=O. The predicted molar refractivity (Wildman–Crippen MR) is 109 cm³/mol. The molecule has 154 valence electrons. The fourth-order valence-electron chi connectivity index (χ4n) is 3.88. The molecule has 1 aliphatic heterocycles. The van der Waals surface area contributed by atoms with E-state index in [1.165, 1.54) is 56.7 Å². The van der Waals surface area contributed by atoms with Crippen LogP contribution in [-0.4, -0.2) is 52.8 Å². The van der Waals surface area contributed by atoms with Crippen LogP contribution in [0.2, 0.25) is 0 Å². The second-order valence-electron chi connectivity index (χ2n) is 7.70. The molecule has 27 heavy (non-hydrogen) atoms. The molecule has 0 spiro atoms. The highest BCUT2D eigenvalue weighted by Crippen LogP contribution is 2.25. The maximum atomic E-state index is 12.3. The van der Waals surface area contributed by atoms with Gasteiger partial charge in [0.05, 0.1) is 17.9 Å². The van der Waals surface area contributed by atoms with Crippen molar-refractivity contribution in [1.29, 1.82) is 0 Å². The van der Waals surface area contributed by atoms with Crippen LogP contribution in [0.4, 0.5) is 0 Å². The summed E-state index contributed by atoms with van der Waals surface area (Å²) in [5.41, 5.74) is 0. The minimum absolute atomic E-state index is 0.00726. The van der Waals surface area contributed by atoms with Gasteiger partial charge in [0, 0.05) is 6.42 Å². The Balaban J connectivity index is 1.75. The molecule has 1 heterocycles. The van der Waals surface area contributed by atoms with Crippen LogP contribution in [0.1, 0.15) is 84.0 Å². The molecule has 2 fully saturated rings. The van der Waals surface area contributed by atoms with E-state index >= 15 is 0 Å². The molecule has 1 saturated carbocycles. The highest BCUT2D eigenvalue weighted by Gasteiger charge is 2.39. The summed E-state index contributed by atoms with van der Waals surface area (Å²) < 4.78 is 5.90. The van der Waals surface area contributed by atoms with Gasteiger partial charge < -0.3 is 4.74 Å². The van der Waals surface area contributed by atoms with Crippen LogP contribution in [-0.2, 0) is 19.1 Å². The van der Waals surface area contributed by atoms with E-state index in [0.717, 1.165) is 36.3 Å². The Labute approximate surface area is 168 Å². The van der Waals surface area contributed by atoms with Gasteiger partial charge in [0.2, 0.25) is 11.8 Å². The Morgan fingerprint density at radius 3 is 2.11 bits per heavy atom. The van der Waals surface area contributed by atoms with Crippen molar-refractivity contribution in [2.75, 3.05) is 18.9 Å². The number of ether oxygens (including phenoxy) is 1. The zero-order chi connectivity index (χ0) is 19.5. The summed E-state index contributed by atoms with van der Waals surface area (Å²) in [7, 11) is 0. The first kappa shape index (κ1) is 22.4. The van der Waals surface area contributed by atoms with Crippen molar-refractivity contribution in [3.63, 3.8) is 0 Å². The number of hydrogen-bond acceptors (Lipinski definition) is 5. The molecule has 0 aromatic carbocycles. The van der Waals surface area contributed by atoms with Crippen molar-refractivity contribution in [1.82, 2.24) is 4.90 Å². The molecule has 0 aromatic rings. The molecule has 2 aliphatic rings. The third kappa shape index (κ3) is 7.94. The lowest BCUT2D eigenvalue weighted by Crippen LogP contribution is -2.37. The molecule has 0 bridgehead atoms. The molecular weight excluding hydrogens is 362 g/mol. The van der Waals surface area contributed by atoms with Crippen LogP contribution in [0, 0.1) is 0 Å². The number of thioether (sulfide) groups is 1. The molecule has 1 unspecified atom stereocenters. The highest BCUT2D eigenvalue weighted by molar-refractivity contribution is 8.00. The Morgan fingerprint density at radius 2 is 1.56 bits per heavy atom. The van der Waals surface area contributed by atoms with Gasteiger partial charge in [-0.25, -0.2) is 0 Å². The van der Waals surface area contributed by atoms with Gasteiger partial charge in [-0.15, -0.1) is 11.8 Å². The third-order valence-corrected chi connectivity index (χ3v) is 6.54. The van der Waals surface area contributed by atoms with Gasteiger partial charge in [-0.3, -0.25) is 19.3 Å². The monoisotopic (exact) mass is 397 g/mol. The Bertz CT molecular complexity index is 485. The zero-order valence-corrected chi connectivity index (χ0v) is 17.6. The Kier molecular flexibility index (Phi) is 10.4. The third-order valence-electron chi connectivity index (χ3n) is 5.44. The van der Waals surface area contributed by atoms with Crippen molar-refractivity contribution < 1.29 is 19.1 Å². The van der Waals surface area contributed by atoms with E-state index in [-0.39, 0.29) is 48.5 Å². The second kappa shape index (κ2) is 12.6. The molecule has 5 nitrogen and oxygen atoms in total. The Morgan fingerprint density at radius 1 is 1.00 bits per heavy atom. The number of hydrogen-bond donors (Lipinski definition) is 0. The van der Waals surface area contributed by atoms with Crippen molar-refractivity contribution >= 4 is 29.4 Å². The number of ketones is 1. The number of nitrogens with zero attached hydrogens (tertiary/aromatic N) is 1. The van der Waals surface area contributed by atoms with E-state index in [9.17, 15) is 14.4 Å². The lowest BCUT2D eigenvalue weighted by Gasteiger charge is -2.19. The molecule has 1 saturated heterocycles. The average molecular weight is 398 g/mol. The molecule has 0 radical (unpaired) electrons. The van der Waals surface area contributed by atoms with Gasteiger partial charge in [-0.05, 0) is 18.6 Å². The van der Waals surface area contributed by atoms with Crippen molar-refractivity contribution in [2.24, 2.45) is 0 Å². The summed E-state index contributed by atoms with van der Waals surface area (Å²) in [5.74, 6) is 0.164. The van der Waals surface area contributed by atoms with Gasteiger partial charge in [0.15, 0.2) is 5.78 Å². The number of Topliss-reactive ketones (excluding diaryl/α,β-unsaturated/α-hetero) is 1. The molecule has 2 rings (SSSR count). The molecule has 2 amide bonds. The van der Waals surface area contributed by atoms with Gasteiger partial charge in [-0.1, -0.05) is 64.7 Å². The van der Waals surface area contributed by atoms with Gasteiger partial charge >= 0.3 is 0 Å². The first-order chi connectivity index (χ1) is 13.1. The maximum Gasteiger partial charge on any atom is 0.243 e. The molecule has 0 N–H and O–H groups in total. The van der Waals surface area contributed by atoms with E-state index in [4.69, 9.17) is 4.74 Å². The Hall–Kier alpha value is -0.880. The standard InChI is InChI=1S/C21H35NO4S/c1-2-27-19-14-20(24)22(21(19)25)15-17(23)16-26-18-12-10-8-6-4-3-5-7-9-11-13-18/h18-19H,2-16H2,1H3. The smallest absolute Gasteiger partial charge is 0.243 e. The molecule has 6 heteroatoms. The summed E-state index contributed by atoms with van der Waals surface area (Å²) in [6.45, 7) is 1.84. The summed E-state index contributed by atoms with van der Waals surface area (Å²) >= 11 is 1.47. The second-order valence-corrected chi connectivity index (χ2v) is 9.18. The zero-order valence-electron chi connectivity index (χ0n) is 16.7. The largest absolute Gasteiger partial charge is 0.370 e. The quantitative estimate of drug-likeness (QED) is 0.605. The van der Waals surface area contributed by atoms with Crippen LogP contribution < -0.4 is 0 Å². The first-order valence-electron chi connectivity index (χ1n) is 10.7. The highest BCUT2D eigenvalue weighted by atomic mass is 32.2. The van der Waals surface area contributed by atoms with E-state index in [1.807, 2.05) is 6.92 Å². The molecule has 0 aromatic heterocycles. The number of carbonyl (C=O) groups is 3. The summed E-state index contributed by atoms with van der Waals surface area (Å²) in [6, 6.07) is 0. The fourth-order valence-corrected chi connectivity index (χ4v) is 4.81. The van der Waals surface area contributed by atoms with Crippen molar-refractivity contribution in [3.8, 4) is 0 Å². The average Bonchev–Trinajstić information content (AvgIpc) is 2.89. The van der Waals surface area contributed by atoms with Gasteiger partial charge in [-0.2, -0.15) is 0 Å². The van der Waals surface area contributed by atoms with Crippen molar-refractivity contribution in [3.05, 3.63) is 0 Å². The molecular formula is C21H35NO4S. The minimum Gasteiger partial charge on any atom is -0.370 e. The number of imide groups is 1. The lowest BCUT2D eigenvalue weighted by atomic mass is 9.99. The van der Waals surface area contributed by atoms with Crippen LogP contribution >= 0.6 is 11.8 Å². The summed E-state index contributed by atoms with van der Waals surface area (Å²) in [6.07, 6.45) is 13.7. The fraction of sp³-hybridized carbons (Fsp3) is 0.857. The number of carbonyl (C=O) groups excluding carboxylic acids is 3. The van der Waals surface area contributed by atoms with E-state index in [1.54, 1.807) is 0 Å². The summed E-state index contributed by atoms with van der Waals surface area (Å²) in [5, 5.41) is -0.317.